The summed E-state index contributed by atoms with van der Waals surface area (Å²) in [4.78, 5) is 2.52. The smallest absolute Gasteiger partial charge is 0.154 e. The van der Waals surface area contributed by atoms with Gasteiger partial charge in [0.05, 0.1) is 11.7 Å². The lowest BCUT2D eigenvalue weighted by Crippen LogP contribution is -2.34. The van der Waals surface area contributed by atoms with E-state index in [-0.39, 0.29) is 6.04 Å². The van der Waals surface area contributed by atoms with Crippen LogP contribution in [0.1, 0.15) is 42.4 Å². The van der Waals surface area contributed by atoms with Gasteiger partial charge in [0, 0.05) is 31.0 Å². The van der Waals surface area contributed by atoms with Crippen LogP contribution in [-0.2, 0) is 13.6 Å². The Labute approximate surface area is 148 Å². The van der Waals surface area contributed by atoms with Crippen molar-refractivity contribution < 1.29 is 0 Å². The van der Waals surface area contributed by atoms with E-state index in [2.05, 4.69) is 62.1 Å². The average Bonchev–Trinajstić information content (AvgIpc) is 3.23. The van der Waals surface area contributed by atoms with Gasteiger partial charge >= 0.3 is 0 Å². The Balaban J connectivity index is 1.64. The van der Waals surface area contributed by atoms with Gasteiger partial charge in [-0.3, -0.25) is 14.1 Å². The first kappa shape index (κ1) is 16.0. The summed E-state index contributed by atoms with van der Waals surface area (Å²) in [6, 6.07) is 10.6. The molecule has 4 rings (SSSR count). The molecule has 0 N–H and O–H groups in total. The largest absolute Gasteiger partial charge is 0.289 e. The number of piperidine rings is 1. The van der Waals surface area contributed by atoms with Crippen molar-refractivity contribution in [1.29, 1.82) is 0 Å². The molecule has 0 radical (unpaired) electrons. The predicted octanol–water partition coefficient (Wildman–Crippen LogP) is 3.04. The van der Waals surface area contributed by atoms with Crippen LogP contribution >= 0.6 is 0 Å². The van der Waals surface area contributed by atoms with Gasteiger partial charge in [0.25, 0.3) is 0 Å². The second-order valence-electron chi connectivity index (χ2n) is 6.79. The lowest BCUT2D eigenvalue weighted by molar-refractivity contribution is 0.132. The van der Waals surface area contributed by atoms with E-state index in [9.17, 15) is 0 Å². The van der Waals surface area contributed by atoms with Crippen LogP contribution in [0.2, 0.25) is 0 Å². The molecule has 1 aromatic carbocycles. The third kappa shape index (κ3) is 3.22. The van der Waals surface area contributed by atoms with Gasteiger partial charge in [0.2, 0.25) is 0 Å². The molecule has 6 nitrogen and oxygen atoms in total. The Morgan fingerprint density at radius 2 is 2.00 bits per heavy atom. The number of hydrogen-bond acceptors (Lipinski definition) is 4. The zero-order valence-corrected chi connectivity index (χ0v) is 14.8. The van der Waals surface area contributed by atoms with Crippen molar-refractivity contribution in [1.82, 2.24) is 29.4 Å². The van der Waals surface area contributed by atoms with E-state index in [4.69, 9.17) is 0 Å². The second kappa shape index (κ2) is 6.80. The van der Waals surface area contributed by atoms with Crippen molar-refractivity contribution in [3.63, 3.8) is 0 Å². The van der Waals surface area contributed by atoms with Crippen LogP contribution < -0.4 is 0 Å². The first-order valence-corrected chi connectivity index (χ1v) is 8.91. The van der Waals surface area contributed by atoms with Gasteiger partial charge in [0.1, 0.15) is 6.33 Å². The summed E-state index contributed by atoms with van der Waals surface area (Å²) in [6.07, 6.45) is 7.53. The summed E-state index contributed by atoms with van der Waals surface area (Å²) in [5, 5.41) is 13.2. The topological polar surface area (TPSA) is 51.8 Å². The Morgan fingerprint density at radius 1 is 1.16 bits per heavy atom. The molecule has 3 heterocycles. The molecule has 130 valence electrons. The van der Waals surface area contributed by atoms with Gasteiger partial charge in [-0.2, -0.15) is 5.10 Å². The highest BCUT2D eigenvalue weighted by Crippen LogP contribution is 2.32. The van der Waals surface area contributed by atoms with Crippen molar-refractivity contribution in [3.05, 3.63) is 59.9 Å². The first-order valence-electron chi connectivity index (χ1n) is 8.91. The standard InChI is InChI=1S/C19H24N6/c1-15-16(12-23(2)22-15)13-24-11-7-6-10-18(24)19-21-20-14-25(19)17-8-4-3-5-9-17/h3-5,8-9,12,14,18H,6-7,10-11,13H2,1-2H3/t18-/m1/s1. The Hall–Kier alpha value is -2.47. The van der Waals surface area contributed by atoms with E-state index in [1.54, 1.807) is 0 Å². The second-order valence-corrected chi connectivity index (χ2v) is 6.79. The van der Waals surface area contributed by atoms with Crippen LogP contribution in [0.25, 0.3) is 5.69 Å². The monoisotopic (exact) mass is 336 g/mol. The average molecular weight is 336 g/mol. The van der Waals surface area contributed by atoms with Gasteiger partial charge < -0.3 is 0 Å². The van der Waals surface area contributed by atoms with Crippen LogP contribution in [0.3, 0.4) is 0 Å². The molecule has 0 amide bonds. The number of benzene rings is 1. The molecule has 0 spiro atoms. The minimum atomic E-state index is 0.288. The molecule has 1 aliphatic heterocycles. The molecule has 0 unspecified atom stereocenters. The molecule has 1 atom stereocenters. The predicted molar refractivity (Wildman–Crippen MR) is 96.3 cm³/mol. The van der Waals surface area contributed by atoms with Gasteiger partial charge in [-0.05, 0) is 38.4 Å². The van der Waals surface area contributed by atoms with E-state index < -0.39 is 0 Å². The first-order chi connectivity index (χ1) is 12.2. The fourth-order valence-corrected chi connectivity index (χ4v) is 3.75. The third-order valence-electron chi connectivity index (χ3n) is 5.01. The van der Waals surface area contributed by atoms with Crippen LogP contribution in [0.4, 0.5) is 0 Å². The van der Waals surface area contributed by atoms with Crippen molar-refractivity contribution in [2.75, 3.05) is 6.54 Å². The van der Waals surface area contributed by atoms with E-state index in [1.165, 1.54) is 18.4 Å². The number of hydrogen-bond donors (Lipinski definition) is 0. The van der Waals surface area contributed by atoms with Crippen LogP contribution in [0, 0.1) is 6.92 Å². The summed E-state index contributed by atoms with van der Waals surface area (Å²) < 4.78 is 4.02. The minimum absolute atomic E-state index is 0.288. The molecule has 1 fully saturated rings. The van der Waals surface area contributed by atoms with Gasteiger partial charge in [-0.15, -0.1) is 10.2 Å². The Morgan fingerprint density at radius 3 is 2.76 bits per heavy atom. The molecule has 1 aliphatic rings. The van der Waals surface area contributed by atoms with Gasteiger partial charge in [-0.25, -0.2) is 0 Å². The Bertz CT molecular complexity index is 835. The molecular weight excluding hydrogens is 312 g/mol. The highest BCUT2D eigenvalue weighted by Gasteiger charge is 2.29. The van der Waals surface area contributed by atoms with Crippen LogP contribution in [-0.4, -0.2) is 36.0 Å². The molecule has 2 aromatic heterocycles. The highest BCUT2D eigenvalue weighted by atomic mass is 15.3. The van der Waals surface area contributed by atoms with Crippen molar-refractivity contribution >= 4 is 0 Å². The fourth-order valence-electron chi connectivity index (χ4n) is 3.75. The molecule has 0 saturated carbocycles. The number of likely N-dealkylation sites (tertiary alicyclic amines) is 1. The molecule has 6 heteroatoms. The molecule has 3 aromatic rings. The molecule has 0 bridgehead atoms. The molecule has 1 saturated heterocycles. The van der Waals surface area contributed by atoms with Crippen molar-refractivity contribution in [3.8, 4) is 5.69 Å². The Kier molecular flexibility index (Phi) is 4.36. The van der Waals surface area contributed by atoms with Crippen LogP contribution in [0.5, 0.6) is 0 Å². The quantitative estimate of drug-likeness (QED) is 0.735. The zero-order chi connectivity index (χ0) is 17.2. The third-order valence-corrected chi connectivity index (χ3v) is 5.01. The highest BCUT2D eigenvalue weighted by molar-refractivity contribution is 5.32. The molecule has 25 heavy (non-hydrogen) atoms. The number of para-hydroxylation sites is 1. The van der Waals surface area contributed by atoms with Gasteiger partial charge in [-0.1, -0.05) is 24.6 Å². The van der Waals surface area contributed by atoms with Crippen LogP contribution in [0.15, 0.2) is 42.9 Å². The van der Waals surface area contributed by atoms with Crippen molar-refractivity contribution in [2.45, 2.75) is 38.8 Å². The SMILES string of the molecule is Cc1nn(C)cc1CN1CCCC[C@@H]1c1nncn1-c1ccccc1. The van der Waals surface area contributed by atoms with E-state index >= 15 is 0 Å². The minimum Gasteiger partial charge on any atom is -0.289 e. The van der Waals surface area contributed by atoms with Gasteiger partial charge in [0.15, 0.2) is 5.82 Å². The number of rotatable bonds is 4. The lowest BCUT2D eigenvalue weighted by atomic mass is 10.0. The lowest BCUT2D eigenvalue weighted by Gasteiger charge is -2.35. The zero-order valence-electron chi connectivity index (χ0n) is 14.8. The summed E-state index contributed by atoms with van der Waals surface area (Å²) in [7, 11) is 1.98. The summed E-state index contributed by atoms with van der Waals surface area (Å²) >= 11 is 0. The fraction of sp³-hybridized carbons (Fsp3) is 0.421. The maximum absolute atomic E-state index is 4.49. The molecular formula is C19H24N6. The summed E-state index contributed by atoms with van der Waals surface area (Å²) in [5.41, 5.74) is 3.52. The van der Waals surface area contributed by atoms with Crippen molar-refractivity contribution in [2.24, 2.45) is 7.05 Å². The summed E-state index contributed by atoms with van der Waals surface area (Å²) in [5.74, 6) is 1.03. The van der Waals surface area contributed by atoms with E-state index in [1.807, 2.05) is 24.1 Å². The summed E-state index contributed by atoms with van der Waals surface area (Å²) in [6.45, 7) is 4.08. The number of aromatic nitrogens is 5. The molecule has 0 aliphatic carbocycles. The van der Waals surface area contributed by atoms with E-state index in [0.29, 0.717) is 0 Å². The maximum Gasteiger partial charge on any atom is 0.154 e. The van der Waals surface area contributed by atoms with E-state index in [0.717, 1.165) is 36.7 Å². The number of aryl methyl sites for hydroxylation is 2. The maximum atomic E-state index is 4.49. The normalized spacial score (nSPS) is 18.6. The number of nitrogens with zero attached hydrogens (tertiary/aromatic N) is 6.